The Morgan fingerprint density at radius 3 is 2.38 bits per heavy atom. The zero-order chi connectivity index (χ0) is 10.1. The summed E-state index contributed by atoms with van der Waals surface area (Å²) in [6, 6.07) is 0. The SMILES string of the molecule is COC(=O)C1(C(C)(C)C)CCCN1. The number of esters is 1. The van der Waals surface area contributed by atoms with Crippen molar-refractivity contribution in [1.82, 2.24) is 5.32 Å². The zero-order valence-electron chi connectivity index (χ0n) is 8.94. The third-order valence-corrected chi connectivity index (χ3v) is 2.97. The highest BCUT2D eigenvalue weighted by molar-refractivity contribution is 5.82. The maximum Gasteiger partial charge on any atom is 0.326 e. The van der Waals surface area contributed by atoms with Crippen molar-refractivity contribution < 1.29 is 9.53 Å². The highest BCUT2D eigenvalue weighted by Crippen LogP contribution is 2.38. The third kappa shape index (κ3) is 1.57. The van der Waals surface area contributed by atoms with Gasteiger partial charge in [-0.15, -0.1) is 0 Å². The van der Waals surface area contributed by atoms with Crippen molar-refractivity contribution in [2.75, 3.05) is 13.7 Å². The van der Waals surface area contributed by atoms with Crippen LogP contribution in [0, 0.1) is 5.41 Å². The Kier molecular flexibility index (Phi) is 2.66. The van der Waals surface area contributed by atoms with Gasteiger partial charge in [-0.25, -0.2) is 0 Å². The lowest BCUT2D eigenvalue weighted by Gasteiger charge is -2.39. The molecular formula is C10H19NO2. The first-order valence-corrected chi connectivity index (χ1v) is 4.77. The van der Waals surface area contributed by atoms with Crippen LogP contribution in [0.3, 0.4) is 0 Å². The summed E-state index contributed by atoms with van der Waals surface area (Å²) in [5.74, 6) is -0.127. The van der Waals surface area contributed by atoms with E-state index in [9.17, 15) is 4.79 Å². The fraction of sp³-hybridized carbons (Fsp3) is 0.900. The molecule has 1 atom stereocenters. The second kappa shape index (κ2) is 3.29. The van der Waals surface area contributed by atoms with E-state index >= 15 is 0 Å². The fourth-order valence-electron chi connectivity index (χ4n) is 2.04. The Balaban J connectivity index is 2.94. The number of nitrogens with one attached hydrogen (secondary N) is 1. The maximum atomic E-state index is 11.7. The van der Waals surface area contributed by atoms with Gasteiger partial charge in [-0.3, -0.25) is 4.79 Å². The molecule has 0 aliphatic carbocycles. The minimum atomic E-state index is -0.470. The molecule has 1 aliphatic heterocycles. The van der Waals surface area contributed by atoms with Gasteiger partial charge in [-0.2, -0.15) is 0 Å². The lowest BCUT2D eigenvalue weighted by molar-refractivity contribution is -0.152. The number of hydrogen-bond acceptors (Lipinski definition) is 3. The van der Waals surface area contributed by atoms with Crippen LogP contribution in [0.1, 0.15) is 33.6 Å². The van der Waals surface area contributed by atoms with E-state index < -0.39 is 5.54 Å². The lowest BCUT2D eigenvalue weighted by Crippen LogP contribution is -2.57. The lowest BCUT2D eigenvalue weighted by atomic mass is 9.72. The number of methoxy groups -OCH3 is 1. The van der Waals surface area contributed by atoms with Crippen molar-refractivity contribution in [1.29, 1.82) is 0 Å². The van der Waals surface area contributed by atoms with Crippen LogP contribution in [0.2, 0.25) is 0 Å². The van der Waals surface area contributed by atoms with E-state index in [0.717, 1.165) is 19.4 Å². The van der Waals surface area contributed by atoms with Gasteiger partial charge in [-0.05, 0) is 24.8 Å². The molecule has 0 aromatic heterocycles. The Labute approximate surface area is 79.8 Å². The summed E-state index contributed by atoms with van der Waals surface area (Å²) < 4.78 is 4.86. The van der Waals surface area contributed by atoms with Crippen LogP contribution in [0.4, 0.5) is 0 Å². The summed E-state index contributed by atoms with van der Waals surface area (Å²) in [6.07, 6.45) is 1.93. The number of rotatable bonds is 1. The molecule has 0 amide bonds. The van der Waals surface area contributed by atoms with Crippen molar-refractivity contribution in [3.8, 4) is 0 Å². The van der Waals surface area contributed by atoms with Crippen molar-refractivity contribution in [3.63, 3.8) is 0 Å². The van der Waals surface area contributed by atoms with Crippen molar-refractivity contribution >= 4 is 5.97 Å². The fourth-order valence-corrected chi connectivity index (χ4v) is 2.04. The van der Waals surface area contributed by atoms with Gasteiger partial charge >= 0.3 is 5.97 Å². The number of ether oxygens (including phenoxy) is 1. The number of carbonyl (C=O) groups excluding carboxylic acids is 1. The Hall–Kier alpha value is -0.570. The average Bonchev–Trinajstić information content (AvgIpc) is 2.50. The molecular weight excluding hydrogens is 166 g/mol. The van der Waals surface area contributed by atoms with E-state index in [0.29, 0.717) is 0 Å². The van der Waals surface area contributed by atoms with E-state index in [4.69, 9.17) is 4.74 Å². The quantitative estimate of drug-likeness (QED) is 0.626. The van der Waals surface area contributed by atoms with Crippen LogP contribution in [0.15, 0.2) is 0 Å². The van der Waals surface area contributed by atoms with E-state index in [1.165, 1.54) is 7.11 Å². The van der Waals surface area contributed by atoms with Gasteiger partial charge in [0.15, 0.2) is 0 Å². The van der Waals surface area contributed by atoms with Gasteiger partial charge in [0.2, 0.25) is 0 Å². The monoisotopic (exact) mass is 185 g/mol. The Bertz CT molecular complexity index is 199. The molecule has 1 saturated heterocycles. The molecule has 1 heterocycles. The minimum Gasteiger partial charge on any atom is -0.468 e. The average molecular weight is 185 g/mol. The Morgan fingerprint density at radius 1 is 1.46 bits per heavy atom. The number of carbonyl (C=O) groups is 1. The van der Waals surface area contributed by atoms with Gasteiger partial charge in [-0.1, -0.05) is 20.8 Å². The smallest absolute Gasteiger partial charge is 0.326 e. The molecule has 1 fully saturated rings. The van der Waals surface area contributed by atoms with Gasteiger partial charge in [0.05, 0.1) is 7.11 Å². The second-order valence-corrected chi connectivity index (χ2v) is 4.68. The van der Waals surface area contributed by atoms with Crippen LogP contribution < -0.4 is 5.32 Å². The molecule has 76 valence electrons. The number of hydrogen-bond donors (Lipinski definition) is 1. The molecule has 1 rings (SSSR count). The largest absolute Gasteiger partial charge is 0.468 e. The molecule has 1 aliphatic rings. The molecule has 13 heavy (non-hydrogen) atoms. The molecule has 3 nitrogen and oxygen atoms in total. The molecule has 0 bridgehead atoms. The summed E-state index contributed by atoms with van der Waals surface area (Å²) in [5, 5.41) is 3.29. The first-order chi connectivity index (χ1) is 5.94. The maximum absolute atomic E-state index is 11.7. The van der Waals surface area contributed by atoms with Gasteiger partial charge in [0.1, 0.15) is 5.54 Å². The Morgan fingerprint density at radius 2 is 2.08 bits per heavy atom. The molecule has 3 heteroatoms. The summed E-state index contributed by atoms with van der Waals surface area (Å²) >= 11 is 0. The first kappa shape index (κ1) is 10.5. The first-order valence-electron chi connectivity index (χ1n) is 4.77. The van der Waals surface area contributed by atoms with Crippen LogP contribution in [-0.2, 0) is 9.53 Å². The molecule has 1 unspecified atom stereocenters. The van der Waals surface area contributed by atoms with Crippen LogP contribution in [-0.4, -0.2) is 25.2 Å². The summed E-state index contributed by atoms with van der Waals surface area (Å²) in [6.45, 7) is 7.12. The van der Waals surface area contributed by atoms with Crippen molar-refractivity contribution in [3.05, 3.63) is 0 Å². The molecule has 0 spiro atoms. The topological polar surface area (TPSA) is 38.3 Å². The molecule has 1 N–H and O–H groups in total. The van der Waals surface area contributed by atoms with E-state index in [1.54, 1.807) is 0 Å². The van der Waals surface area contributed by atoms with Crippen LogP contribution in [0.25, 0.3) is 0 Å². The molecule has 0 saturated carbocycles. The summed E-state index contributed by atoms with van der Waals surface area (Å²) in [5.41, 5.74) is -0.557. The normalized spacial score (nSPS) is 28.9. The van der Waals surface area contributed by atoms with Gasteiger partial charge < -0.3 is 10.1 Å². The molecule has 0 aromatic carbocycles. The van der Waals surface area contributed by atoms with E-state index in [-0.39, 0.29) is 11.4 Å². The predicted octanol–water partition coefficient (Wildman–Crippen LogP) is 1.33. The van der Waals surface area contributed by atoms with E-state index in [2.05, 4.69) is 26.1 Å². The highest BCUT2D eigenvalue weighted by Gasteiger charge is 2.51. The highest BCUT2D eigenvalue weighted by atomic mass is 16.5. The standard InChI is InChI=1S/C10H19NO2/c1-9(2,3)10(8(12)13-4)6-5-7-11-10/h11H,5-7H2,1-4H3. The second-order valence-electron chi connectivity index (χ2n) is 4.68. The van der Waals surface area contributed by atoms with Crippen LogP contribution in [0.5, 0.6) is 0 Å². The van der Waals surface area contributed by atoms with Gasteiger partial charge in [0, 0.05) is 0 Å². The van der Waals surface area contributed by atoms with Crippen molar-refractivity contribution in [2.45, 2.75) is 39.2 Å². The van der Waals surface area contributed by atoms with Crippen LogP contribution >= 0.6 is 0 Å². The summed E-state index contributed by atoms with van der Waals surface area (Å²) in [7, 11) is 1.45. The zero-order valence-corrected chi connectivity index (χ0v) is 8.94. The third-order valence-electron chi connectivity index (χ3n) is 2.97. The molecule has 0 aromatic rings. The van der Waals surface area contributed by atoms with Gasteiger partial charge in [0.25, 0.3) is 0 Å². The van der Waals surface area contributed by atoms with E-state index in [1.807, 2.05) is 0 Å². The predicted molar refractivity (Wildman–Crippen MR) is 51.4 cm³/mol. The van der Waals surface area contributed by atoms with Crippen molar-refractivity contribution in [2.24, 2.45) is 5.41 Å². The molecule has 0 radical (unpaired) electrons. The summed E-state index contributed by atoms with van der Waals surface area (Å²) in [4.78, 5) is 11.7. The minimum absolute atomic E-state index is 0.0867.